The number of nitrogens with zero attached hydrogens (tertiary/aromatic N) is 1. The van der Waals surface area contributed by atoms with Crippen molar-refractivity contribution in [3.63, 3.8) is 0 Å². The van der Waals surface area contributed by atoms with Crippen molar-refractivity contribution in [2.45, 2.75) is 76.1 Å². The van der Waals surface area contributed by atoms with Crippen LogP contribution >= 0.6 is 0 Å². The Morgan fingerprint density at radius 1 is 1.00 bits per heavy atom. The van der Waals surface area contributed by atoms with E-state index < -0.39 is 0 Å². The van der Waals surface area contributed by atoms with Gasteiger partial charge in [0.15, 0.2) is 0 Å². The van der Waals surface area contributed by atoms with E-state index in [9.17, 15) is 0 Å². The first-order valence-electron chi connectivity index (χ1n) is 7.76. The van der Waals surface area contributed by atoms with Gasteiger partial charge in [-0.15, -0.1) is 0 Å². The van der Waals surface area contributed by atoms with Crippen LogP contribution in [0.1, 0.15) is 52.4 Å². The SMILES string of the molecule is CC1(C)CC(NC2CCN(C3CC3)CC2)CCO1. The standard InChI is InChI=1S/C15H28N2O/c1-15(2)11-13(7-10-18-15)16-12-5-8-17(9-6-12)14-3-4-14/h12-14,16H,3-11H2,1-2H3. The van der Waals surface area contributed by atoms with E-state index in [4.69, 9.17) is 4.74 Å². The van der Waals surface area contributed by atoms with E-state index in [1.807, 2.05) is 0 Å². The van der Waals surface area contributed by atoms with Gasteiger partial charge in [-0.3, -0.25) is 0 Å². The molecule has 18 heavy (non-hydrogen) atoms. The lowest BCUT2D eigenvalue weighted by molar-refractivity contribution is -0.0649. The minimum absolute atomic E-state index is 0.0740. The van der Waals surface area contributed by atoms with Crippen molar-refractivity contribution in [1.82, 2.24) is 10.2 Å². The zero-order chi connectivity index (χ0) is 12.6. The van der Waals surface area contributed by atoms with E-state index >= 15 is 0 Å². The Bertz CT molecular complexity index is 280. The predicted octanol–water partition coefficient (Wildman–Crippen LogP) is 2.16. The number of hydrogen-bond donors (Lipinski definition) is 1. The lowest BCUT2D eigenvalue weighted by Crippen LogP contribution is -2.50. The molecule has 1 unspecified atom stereocenters. The van der Waals surface area contributed by atoms with E-state index in [1.54, 1.807) is 0 Å². The Morgan fingerprint density at radius 3 is 2.33 bits per heavy atom. The number of nitrogens with one attached hydrogen (secondary N) is 1. The zero-order valence-electron chi connectivity index (χ0n) is 12.0. The molecule has 3 rings (SSSR count). The van der Waals surface area contributed by atoms with Crippen LogP contribution in [-0.4, -0.2) is 48.3 Å². The normalized spacial score (nSPS) is 34.7. The first-order valence-corrected chi connectivity index (χ1v) is 7.76. The molecule has 1 N–H and O–H groups in total. The minimum Gasteiger partial charge on any atom is -0.375 e. The molecule has 0 bridgehead atoms. The lowest BCUT2D eigenvalue weighted by Gasteiger charge is -2.40. The number of piperidine rings is 1. The minimum atomic E-state index is 0.0740. The van der Waals surface area contributed by atoms with Gasteiger partial charge in [-0.2, -0.15) is 0 Å². The van der Waals surface area contributed by atoms with Crippen molar-refractivity contribution in [2.24, 2.45) is 0 Å². The second-order valence-corrected chi connectivity index (χ2v) is 7.01. The fourth-order valence-corrected chi connectivity index (χ4v) is 3.58. The summed E-state index contributed by atoms with van der Waals surface area (Å²) >= 11 is 0. The van der Waals surface area contributed by atoms with Crippen molar-refractivity contribution in [1.29, 1.82) is 0 Å². The van der Waals surface area contributed by atoms with Crippen molar-refractivity contribution < 1.29 is 4.74 Å². The van der Waals surface area contributed by atoms with Gasteiger partial charge in [-0.25, -0.2) is 0 Å². The van der Waals surface area contributed by atoms with Crippen LogP contribution in [0.5, 0.6) is 0 Å². The Labute approximate surface area is 111 Å². The molecule has 3 fully saturated rings. The molecule has 0 aromatic rings. The summed E-state index contributed by atoms with van der Waals surface area (Å²) in [6.45, 7) is 7.99. The van der Waals surface area contributed by atoms with E-state index in [2.05, 4.69) is 24.1 Å². The largest absolute Gasteiger partial charge is 0.375 e. The summed E-state index contributed by atoms with van der Waals surface area (Å²) in [6, 6.07) is 2.37. The van der Waals surface area contributed by atoms with Crippen molar-refractivity contribution in [2.75, 3.05) is 19.7 Å². The number of hydrogen-bond acceptors (Lipinski definition) is 3. The molecule has 3 heteroatoms. The Hall–Kier alpha value is -0.120. The fraction of sp³-hybridized carbons (Fsp3) is 1.00. The average molecular weight is 252 g/mol. The summed E-state index contributed by atoms with van der Waals surface area (Å²) < 4.78 is 5.79. The summed E-state index contributed by atoms with van der Waals surface area (Å²) in [5.41, 5.74) is 0.0740. The molecular weight excluding hydrogens is 224 g/mol. The van der Waals surface area contributed by atoms with Crippen LogP contribution in [0.3, 0.4) is 0 Å². The van der Waals surface area contributed by atoms with Crippen molar-refractivity contribution in [3.8, 4) is 0 Å². The predicted molar refractivity (Wildman–Crippen MR) is 73.8 cm³/mol. The maximum absolute atomic E-state index is 5.79. The maximum Gasteiger partial charge on any atom is 0.0641 e. The van der Waals surface area contributed by atoms with Crippen molar-refractivity contribution in [3.05, 3.63) is 0 Å². The highest BCUT2D eigenvalue weighted by Gasteiger charge is 2.34. The molecule has 2 saturated heterocycles. The number of likely N-dealkylation sites (tertiary alicyclic amines) is 1. The van der Waals surface area contributed by atoms with Gasteiger partial charge in [-0.05, 0) is 65.5 Å². The van der Waals surface area contributed by atoms with E-state index in [-0.39, 0.29) is 5.60 Å². The molecule has 1 aliphatic carbocycles. The van der Waals surface area contributed by atoms with E-state index in [1.165, 1.54) is 45.2 Å². The van der Waals surface area contributed by atoms with Crippen LogP contribution in [0.25, 0.3) is 0 Å². The third-order valence-corrected chi connectivity index (χ3v) is 4.76. The summed E-state index contributed by atoms with van der Waals surface area (Å²) in [4.78, 5) is 2.70. The van der Waals surface area contributed by atoms with Gasteiger partial charge < -0.3 is 15.0 Å². The second-order valence-electron chi connectivity index (χ2n) is 7.01. The van der Waals surface area contributed by atoms with Gasteiger partial charge in [-0.1, -0.05) is 0 Å². The Morgan fingerprint density at radius 2 is 1.72 bits per heavy atom. The number of ether oxygens (including phenoxy) is 1. The van der Waals surface area contributed by atoms with Gasteiger partial charge in [0.05, 0.1) is 5.60 Å². The van der Waals surface area contributed by atoms with Crippen LogP contribution in [0.4, 0.5) is 0 Å². The van der Waals surface area contributed by atoms with Gasteiger partial charge in [0, 0.05) is 24.7 Å². The second kappa shape index (κ2) is 5.10. The first kappa shape index (κ1) is 12.9. The monoisotopic (exact) mass is 252 g/mol. The number of rotatable bonds is 3. The zero-order valence-corrected chi connectivity index (χ0v) is 12.0. The fourth-order valence-electron chi connectivity index (χ4n) is 3.58. The van der Waals surface area contributed by atoms with Crippen LogP contribution in [0.15, 0.2) is 0 Å². The lowest BCUT2D eigenvalue weighted by atomic mass is 9.92. The molecule has 104 valence electrons. The molecule has 1 saturated carbocycles. The molecular formula is C15H28N2O. The van der Waals surface area contributed by atoms with E-state index in [0.29, 0.717) is 6.04 Å². The quantitative estimate of drug-likeness (QED) is 0.833. The third kappa shape index (κ3) is 3.25. The van der Waals surface area contributed by atoms with Gasteiger partial charge in [0.25, 0.3) is 0 Å². The smallest absolute Gasteiger partial charge is 0.0641 e. The molecule has 2 heterocycles. The average Bonchev–Trinajstić information content (AvgIpc) is 3.12. The van der Waals surface area contributed by atoms with Crippen LogP contribution in [0.2, 0.25) is 0 Å². The molecule has 0 aromatic heterocycles. The molecule has 1 atom stereocenters. The molecule has 0 radical (unpaired) electrons. The van der Waals surface area contributed by atoms with Gasteiger partial charge >= 0.3 is 0 Å². The summed E-state index contributed by atoms with van der Waals surface area (Å²) in [5.74, 6) is 0. The molecule has 3 aliphatic rings. The van der Waals surface area contributed by atoms with Crippen LogP contribution in [0, 0.1) is 0 Å². The highest BCUT2D eigenvalue weighted by molar-refractivity contribution is 4.91. The van der Waals surface area contributed by atoms with E-state index in [0.717, 1.165) is 25.1 Å². The highest BCUT2D eigenvalue weighted by Crippen LogP contribution is 2.30. The molecule has 2 aliphatic heterocycles. The maximum atomic E-state index is 5.79. The topological polar surface area (TPSA) is 24.5 Å². The van der Waals surface area contributed by atoms with Crippen molar-refractivity contribution >= 4 is 0 Å². The molecule has 0 amide bonds. The van der Waals surface area contributed by atoms with Crippen LogP contribution < -0.4 is 5.32 Å². The van der Waals surface area contributed by atoms with Crippen LogP contribution in [-0.2, 0) is 4.74 Å². The molecule has 0 aromatic carbocycles. The third-order valence-electron chi connectivity index (χ3n) is 4.76. The van der Waals surface area contributed by atoms with Gasteiger partial charge in [0.1, 0.15) is 0 Å². The first-order chi connectivity index (χ1) is 8.62. The van der Waals surface area contributed by atoms with Gasteiger partial charge in [0.2, 0.25) is 0 Å². The molecule has 3 nitrogen and oxygen atoms in total. The highest BCUT2D eigenvalue weighted by atomic mass is 16.5. The Kier molecular flexibility index (Phi) is 3.65. The summed E-state index contributed by atoms with van der Waals surface area (Å²) in [6.07, 6.45) is 7.93. The Balaban J connectivity index is 1.43. The summed E-state index contributed by atoms with van der Waals surface area (Å²) in [5, 5.41) is 3.89. The molecule has 0 spiro atoms. The summed E-state index contributed by atoms with van der Waals surface area (Å²) in [7, 11) is 0.